The summed E-state index contributed by atoms with van der Waals surface area (Å²) in [6.45, 7) is 7.35. The first-order valence-corrected chi connectivity index (χ1v) is 5.62. The van der Waals surface area contributed by atoms with Gasteiger partial charge in [0.1, 0.15) is 11.2 Å². The molecular formula is C12H21NO2. The minimum absolute atomic E-state index is 0.0155. The number of hydrogen-bond acceptors (Lipinski definition) is 2. The Morgan fingerprint density at radius 1 is 1.13 bits per heavy atom. The lowest BCUT2D eigenvalue weighted by Gasteiger charge is -2.30. The van der Waals surface area contributed by atoms with Crippen LogP contribution in [0.4, 0.5) is 0 Å². The number of Topliss-reactive ketones (excluding diaryl/α,β-unsaturated/α-hetero) is 1. The summed E-state index contributed by atoms with van der Waals surface area (Å²) in [5, 5.41) is 2.92. The molecule has 0 radical (unpaired) electrons. The van der Waals surface area contributed by atoms with Crippen LogP contribution in [-0.4, -0.2) is 17.2 Å². The fraction of sp³-hybridized carbons (Fsp3) is 0.833. The van der Waals surface area contributed by atoms with Crippen molar-refractivity contribution in [2.75, 3.05) is 0 Å². The highest BCUT2D eigenvalue weighted by molar-refractivity contribution is 6.05. The summed E-state index contributed by atoms with van der Waals surface area (Å²) in [4.78, 5) is 23.7. The van der Waals surface area contributed by atoms with E-state index in [1.807, 2.05) is 20.8 Å². The van der Waals surface area contributed by atoms with Crippen LogP contribution in [0.25, 0.3) is 0 Å². The lowest BCUT2D eigenvalue weighted by molar-refractivity contribution is -0.141. The Bertz CT molecular complexity index is 270. The van der Waals surface area contributed by atoms with Gasteiger partial charge >= 0.3 is 0 Å². The molecule has 0 aliphatic heterocycles. The molecule has 1 saturated carbocycles. The average Bonchev–Trinajstić information content (AvgIpc) is 2.48. The van der Waals surface area contributed by atoms with Gasteiger partial charge in [-0.2, -0.15) is 0 Å². The Morgan fingerprint density at radius 3 is 1.93 bits per heavy atom. The molecule has 0 aromatic rings. The Hall–Kier alpha value is -0.860. The number of amides is 1. The van der Waals surface area contributed by atoms with Crippen molar-refractivity contribution in [1.82, 2.24) is 5.32 Å². The van der Waals surface area contributed by atoms with Crippen molar-refractivity contribution in [3.05, 3.63) is 0 Å². The van der Waals surface area contributed by atoms with Crippen LogP contribution in [0.3, 0.4) is 0 Å². The highest BCUT2D eigenvalue weighted by Gasteiger charge is 2.46. The maximum Gasteiger partial charge on any atom is 0.234 e. The standard InChI is InChI=1S/C12H21NO2/c1-9(14)12(7-5-6-8-12)10(15)13-11(2,3)4/h5-8H2,1-4H3,(H,13,15). The van der Waals surface area contributed by atoms with E-state index in [1.54, 1.807) is 0 Å². The highest BCUT2D eigenvalue weighted by Crippen LogP contribution is 2.39. The molecule has 1 aliphatic rings. The minimum Gasteiger partial charge on any atom is -0.351 e. The second-order valence-electron chi connectivity index (χ2n) is 5.55. The monoisotopic (exact) mass is 211 g/mol. The first kappa shape index (κ1) is 12.2. The van der Waals surface area contributed by atoms with E-state index in [9.17, 15) is 9.59 Å². The van der Waals surface area contributed by atoms with Crippen molar-refractivity contribution in [1.29, 1.82) is 0 Å². The van der Waals surface area contributed by atoms with Crippen LogP contribution < -0.4 is 5.32 Å². The average molecular weight is 211 g/mol. The molecule has 0 unspecified atom stereocenters. The fourth-order valence-corrected chi connectivity index (χ4v) is 2.18. The molecule has 0 saturated heterocycles. The van der Waals surface area contributed by atoms with E-state index in [1.165, 1.54) is 6.92 Å². The first-order chi connectivity index (χ1) is 6.78. The van der Waals surface area contributed by atoms with Crippen LogP contribution in [0.2, 0.25) is 0 Å². The van der Waals surface area contributed by atoms with E-state index < -0.39 is 5.41 Å². The Morgan fingerprint density at radius 2 is 1.60 bits per heavy atom. The molecule has 0 aromatic heterocycles. The molecule has 3 heteroatoms. The van der Waals surface area contributed by atoms with Gasteiger partial charge in [0, 0.05) is 5.54 Å². The maximum absolute atomic E-state index is 12.1. The van der Waals surface area contributed by atoms with Gasteiger partial charge in [-0.05, 0) is 40.5 Å². The highest BCUT2D eigenvalue weighted by atomic mass is 16.2. The van der Waals surface area contributed by atoms with Gasteiger partial charge in [-0.3, -0.25) is 9.59 Å². The molecule has 15 heavy (non-hydrogen) atoms. The maximum atomic E-state index is 12.1. The van der Waals surface area contributed by atoms with Crippen molar-refractivity contribution in [2.45, 2.75) is 58.9 Å². The molecule has 0 aromatic carbocycles. The van der Waals surface area contributed by atoms with Crippen molar-refractivity contribution in [2.24, 2.45) is 5.41 Å². The molecule has 1 N–H and O–H groups in total. The quantitative estimate of drug-likeness (QED) is 0.710. The van der Waals surface area contributed by atoms with E-state index in [0.717, 1.165) is 12.8 Å². The summed E-state index contributed by atoms with van der Waals surface area (Å²) in [6.07, 6.45) is 3.39. The molecule has 0 bridgehead atoms. The van der Waals surface area contributed by atoms with Crippen molar-refractivity contribution < 1.29 is 9.59 Å². The summed E-state index contributed by atoms with van der Waals surface area (Å²) in [5.41, 5.74) is -0.991. The number of carbonyl (C=O) groups is 2. The molecule has 0 atom stereocenters. The van der Waals surface area contributed by atoms with Crippen molar-refractivity contribution in [3.63, 3.8) is 0 Å². The van der Waals surface area contributed by atoms with Crippen molar-refractivity contribution >= 4 is 11.7 Å². The summed E-state index contributed by atoms with van der Waals surface area (Å²) >= 11 is 0. The van der Waals surface area contributed by atoms with Gasteiger partial charge in [-0.15, -0.1) is 0 Å². The van der Waals surface area contributed by atoms with Gasteiger partial charge in [0.15, 0.2) is 0 Å². The lowest BCUT2D eigenvalue weighted by Crippen LogP contribution is -2.50. The second kappa shape index (κ2) is 3.95. The van der Waals surface area contributed by atoms with Gasteiger partial charge in [0.2, 0.25) is 5.91 Å². The second-order valence-corrected chi connectivity index (χ2v) is 5.55. The lowest BCUT2D eigenvalue weighted by atomic mass is 9.80. The Kier molecular flexibility index (Phi) is 3.22. The zero-order valence-corrected chi connectivity index (χ0v) is 10.1. The Balaban J connectivity index is 2.82. The fourth-order valence-electron chi connectivity index (χ4n) is 2.18. The number of carbonyl (C=O) groups excluding carboxylic acids is 2. The van der Waals surface area contributed by atoms with Gasteiger partial charge in [0.05, 0.1) is 0 Å². The topological polar surface area (TPSA) is 46.2 Å². The van der Waals surface area contributed by atoms with Gasteiger partial charge in [0.25, 0.3) is 0 Å². The van der Waals surface area contributed by atoms with Crippen LogP contribution in [0.15, 0.2) is 0 Å². The summed E-state index contributed by atoms with van der Waals surface area (Å²) < 4.78 is 0. The predicted molar refractivity (Wildman–Crippen MR) is 59.5 cm³/mol. The molecule has 0 heterocycles. The molecule has 3 nitrogen and oxygen atoms in total. The van der Waals surface area contributed by atoms with Crippen LogP contribution in [0.1, 0.15) is 53.4 Å². The van der Waals surface area contributed by atoms with Gasteiger partial charge in [-0.1, -0.05) is 12.8 Å². The van der Waals surface area contributed by atoms with E-state index in [2.05, 4.69) is 5.32 Å². The zero-order chi connectivity index (χ0) is 11.7. The predicted octanol–water partition coefficient (Wildman–Crippen LogP) is 2.05. The van der Waals surface area contributed by atoms with E-state index in [-0.39, 0.29) is 17.2 Å². The van der Waals surface area contributed by atoms with E-state index >= 15 is 0 Å². The van der Waals surface area contributed by atoms with Gasteiger partial charge in [-0.25, -0.2) is 0 Å². The van der Waals surface area contributed by atoms with Crippen LogP contribution >= 0.6 is 0 Å². The number of ketones is 1. The molecule has 1 amide bonds. The van der Waals surface area contributed by atoms with Crippen LogP contribution in [0, 0.1) is 5.41 Å². The van der Waals surface area contributed by atoms with E-state index in [0.29, 0.717) is 12.8 Å². The van der Waals surface area contributed by atoms with Crippen LogP contribution in [0.5, 0.6) is 0 Å². The third-order valence-electron chi connectivity index (χ3n) is 3.05. The SMILES string of the molecule is CC(=O)C1(C(=O)NC(C)(C)C)CCCC1. The van der Waals surface area contributed by atoms with Gasteiger partial charge < -0.3 is 5.32 Å². The Labute approximate surface area is 91.6 Å². The largest absolute Gasteiger partial charge is 0.351 e. The molecular weight excluding hydrogens is 190 g/mol. The molecule has 0 spiro atoms. The molecule has 1 rings (SSSR count). The minimum atomic E-state index is -0.729. The molecule has 1 aliphatic carbocycles. The molecule has 1 fully saturated rings. The molecule has 86 valence electrons. The van der Waals surface area contributed by atoms with E-state index in [4.69, 9.17) is 0 Å². The van der Waals surface area contributed by atoms with Crippen LogP contribution in [-0.2, 0) is 9.59 Å². The van der Waals surface area contributed by atoms with Crippen molar-refractivity contribution in [3.8, 4) is 0 Å². The number of hydrogen-bond donors (Lipinski definition) is 1. The first-order valence-electron chi connectivity index (χ1n) is 5.62. The smallest absolute Gasteiger partial charge is 0.234 e. The number of nitrogens with one attached hydrogen (secondary N) is 1. The summed E-state index contributed by atoms with van der Waals surface area (Å²) in [6, 6.07) is 0. The third kappa shape index (κ3) is 2.58. The summed E-state index contributed by atoms with van der Waals surface area (Å²) in [5.74, 6) is -0.0678. The summed E-state index contributed by atoms with van der Waals surface area (Å²) in [7, 11) is 0. The number of rotatable bonds is 2. The normalized spacial score (nSPS) is 20.0. The third-order valence-corrected chi connectivity index (χ3v) is 3.05. The zero-order valence-electron chi connectivity index (χ0n) is 10.1.